The van der Waals surface area contributed by atoms with Crippen molar-refractivity contribution in [3.8, 4) is 17.6 Å². The van der Waals surface area contributed by atoms with E-state index in [1.54, 1.807) is 12.1 Å². The van der Waals surface area contributed by atoms with Crippen LogP contribution in [0.3, 0.4) is 0 Å². The molecule has 0 spiro atoms. The van der Waals surface area contributed by atoms with Gasteiger partial charge in [-0.05, 0) is 67.6 Å². The van der Waals surface area contributed by atoms with Crippen LogP contribution >= 0.6 is 0 Å². The zero-order valence-electron chi connectivity index (χ0n) is 23.0. The lowest BCUT2D eigenvalue weighted by Gasteiger charge is -2.27. The Bertz CT molecular complexity index is 1340. The van der Waals surface area contributed by atoms with Crippen molar-refractivity contribution in [2.75, 3.05) is 75.8 Å². The van der Waals surface area contributed by atoms with Crippen molar-refractivity contribution >= 4 is 23.6 Å². The number of rotatable bonds is 10. The third-order valence-electron chi connectivity index (χ3n) is 8.05. The van der Waals surface area contributed by atoms with Crippen molar-refractivity contribution < 1.29 is 23.8 Å². The van der Waals surface area contributed by atoms with Crippen LogP contribution in [-0.2, 0) is 22.4 Å². The van der Waals surface area contributed by atoms with Crippen molar-refractivity contribution in [1.82, 2.24) is 20.5 Å². The van der Waals surface area contributed by atoms with Gasteiger partial charge < -0.3 is 30.2 Å². The minimum Gasteiger partial charge on any atom is -0.491 e. The van der Waals surface area contributed by atoms with Crippen molar-refractivity contribution in [3.05, 3.63) is 41.0 Å². The molecule has 2 aromatic rings. The fraction of sp³-hybridized carbons (Fsp3) is 0.517. The number of carbonyl (C=O) groups is 2. The van der Waals surface area contributed by atoms with E-state index in [1.165, 1.54) is 10.5 Å². The molecule has 1 aromatic heterocycles. The van der Waals surface area contributed by atoms with Gasteiger partial charge in [0.25, 0.3) is 5.91 Å². The highest BCUT2D eigenvalue weighted by molar-refractivity contribution is 5.95. The van der Waals surface area contributed by atoms with E-state index in [1.807, 2.05) is 6.07 Å². The number of hydrogen-bond donors (Lipinski definition) is 3. The van der Waals surface area contributed by atoms with Gasteiger partial charge >= 0.3 is 6.09 Å². The van der Waals surface area contributed by atoms with Gasteiger partial charge in [-0.25, -0.2) is 9.78 Å². The average molecular weight is 562 g/mol. The molecule has 1 aliphatic carbocycles. The molecule has 12 nitrogen and oxygen atoms in total. The van der Waals surface area contributed by atoms with Gasteiger partial charge in [0.05, 0.1) is 12.1 Å². The summed E-state index contributed by atoms with van der Waals surface area (Å²) in [6.07, 6.45) is 1.73. The number of nitriles is 1. The van der Waals surface area contributed by atoms with Gasteiger partial charge in [-0.3, -0.25) is 14.6 Å². The summed E-state index contributed by atoms with van der Waals surface area (Å²) in [5.74, 6) is 2.01. The molecule has 0 saturated carbocycles. The average Bonchev–Trinajstić information content (AvgIpc) is 3.58. The first-order valence-electron chi connectivity index (χ1n) is 14.3. The summed E-state index contributed by atoms with van der Waals surface area (Å²) < 4.78 is 17.0. The fourth-order valence-corrected chi connectivity index (χ4v) is 5.90. The minimum absolute atomic E-state index is 0.0475. The number of cyclic esters (lactones) is 1. The predicted octanol–water partition coefficient (Wildman–Crippen LogP) is 1.29. The second-order valence-corrected chi connectivity index (χ2v) is 10.9. The largest absolute Gasteiger partial charge is 0.491 e. The number of pyridine rings is 1. The monoisotopic (exact) mass is 561 g/mol. The number of carbonyl (C=O) groups excluding carboxylic acids is 2. The van der Waals surface area contributed by atoms with Gasteiger partial charge in [-0.2, -0.15) is 5.26 Å². The molecule has 2 unspecified atom stereocenters. The molecule has 216 valence electrons. The number of anilines is 2. The van der Waals surface area contributed by atoms with Crippen molar-refractivity contribution in [3.63, 3.8) is 0 Å². The zero-order valence-corrected chi connectivity index (χ0v) is 23.0. The normalized spacial score (nSPS) is 21.9. The Balaban J connectivity index is 0.952. The minimum atomic E-state index is -0.452. The summed E-state index contributed by atoms with van der Waals surface area (Å²) in [5, 5.41) is 19.4. The number of nitrogens with zero attached hydrogens (tertiary/aromatic N) is 4. The third-order valence-corrected chi connectivity index (χ3v) is 8.05. The molecular formula is C29H35N7O5. The molecule has 6 rings (SSSR count). The molecule has 4 aliphatic rings. The first-order valence-corrected chi connectivity index (χ1v) is 14.3. The highest BCUT2D eigenvalue weighted by Gasteiger charge is 2.34. The fourth-order valence-electron chi connectivity index (χ4n) is 5.90. The summed E-state index contributed by atoms with van der Waals surface area (Å²) in [6, 6.07) is 9.83. The molecule has 0 bridgehead atoms. The number of aromatic nitrogens is 1. The quantitative estimate of drug-likeness (QED) is 0.364. The molecule has 2 saturated heterocycles. The summed E-state index contributed by atoms with van der Waals surface area (Å²) in [6.45, 7) is 7.36. The molecular weight excluding hydrogens is 526 g/mol. The Hall–Kier alpha value is -3.92. The van der Waals surface area contributed by atoms with Gasteiger partial charge in [0.15, 0.2) is 18.2 Å². The number of nitrogens with one attached hydrogen (secondary N) is 3. The number of piperazine rings is 1. The van der Waals surface area contributed by atoms with Crippen LogP contribution in [-0.4, -0.2) is 93.6 Å². The van der Waals surface area contributed by atoms with E-state index in [9.17, 15) is 14.9 Å². The van der Waals surface area contributed by atoms with Crippen LogP contribution in [0.1, 0.15) is 23.1 Å². The second-order valence-electron chi connectivity index (χ2n) is 10.9. The van der Waals surface area contributed by atoms with Gasteiger partial charge in [-0.1, -0.05) is 6.07 Å². The standard InChI is InChI=1S/C29H35N7O5/c30-15-23-22-14-19(13-20(22)1-2-24(23)39-12-11-35-9-7-31-8-10-35)16-32-6-5-21-17-36(29(38)41-21)26-4-3-25-28(33-26)34-27(37)18-40-25/h1-4,19,21,31-32H,5-14,16-18H2,(H,33,34,37). The Morgan fingerprint density at radius 3 is 2.90 bits per heavy atom. The van der Waals surface area contributed by atoms with Crippen molar-refractivity contribution in [2.45, 2.75) is 25.4 Å². The van der Waals surface area contributed by atoms with E-state index in [4.69, 9.17) is 14.2 Å². The Kier molecular flexibility index (Phi) is 8.18. The van der Waals surface area contributed by atoms with Crippen LogP contribution in [0.25, 0.3) is 0 Å². The highest BCUT2D eigenvalue weighted by Crippen LogP contribution is 2.34. The lowest BCUT2D eigenvalue weighted by molar-refractivity contribution is -0.118. The Labute approximate surface area is 238 Å². The van der Waals surface area contributed by atoms with Gasteiger partial charge in [0.2, 0.25) is 0 Å². The lowest BCUT2D eigenvalue weighted by Crippen LogP contribution is -2.44. The smallest absolute Gasteiger partial charge is 0.415 e. The van der Waals surface area contributed by atoms with E-state index in [0.717, 1.165) is 57.7 Å². The number of amides is 2. The summed E-state index contributed by atoms with van der Waals surface area (Å²) in [4.78, 5) is 32.3. The lowest BCUT2D eigenvalue weighted by atomic mass is 10.0. The van der Waals surface area contributed by atoms with Gasteiger partial charge in [0.1, 0.15) is 30.3 Å². The molecule has 2 fully saturated rings. The molecule has 12 heteroatoms. The SMILES string of the molecule is N#Cc1c(OCCN2CCNCC2)ccc2c1CC(CNCCC1CN(c3ccc4c(n3)NC(=O)CO4)C(=O)O1)C2. The van der Waals surface area contributed by atoms with Crippen LogP contribution in [0.2, 0.25) is 0 Å². The number of benzene rings is 1. The number of hydrogen-bond acceptors (Lipinski definition) is 10. The van der Waals surface area contributed by atoms with Crippen molar-refractivity contribution in [1.29, 1.82) is 5.26 Å². The molecule has 2 atom stereocenters. The maximum Gasteiger partial charge on any atom is 0.415 e. The Morgan fingerprint density at radius 2 is 2.05 bits per heavy atom. The van der Waals surface area contributed by atoms with Crippen LogP contribution in [0.15, 0.2) is 24.3 Å². The van der Waals surface area contributed by atoms with Crippen LogP contribution in [0.4, 0.5) is 16.4 Å². The molecule has 41 heavy (non-hydrogen) atoms. The molecule has 2 amide bonds. The maximum absolute atomic E-state index is 12.5. The summed E-state index contributed by atoms with van der Waals surface area (Å²) in [5.41, 5.74) is 3.01. The van der Waals surface area contributed by atoms with Crippen LogP contribution in [0, 0.1) is 17.2 Å². The Morgan fingerprint density at radius 1 is 1.17 bits per heavy atom. The molecule has 3 N–H and O–H groups in total. The maximum atomic E-state index is 12.5. The first-order chi connectivity index (χ1) is 20.1. The molecule has 1 aromatic carbocycles. The number of fused-ring (bicyclic) bond motifs is 2. The number of ether oxygens (including phenoxy) is 3. The first kappa shape index (κ1) is 27.3. The highest BCUT2D eigenvalue weighted by atomic mass is 16.6. The molecule has 3 aliphatic heterocycles. The molecule has 0 radical (unpaired) electrons. The van der Waals surface area contributed by atoms with Crippen LogP contribution < -0.4 is 30.3 Å². The summed E-state index contributed by atoms with van der Waals surface area (Å²) >= 11 is 0. The van der Waals surface area contributed by atoms with Gasteiger partial charge in [0, 0.05) is 32.7 Å². The third kappa shape index (κ3) is 6.22. The van der Waals surface area contributed by atoms with E-state index < -0.39 is 6.09 Å². The second kappa shape index (κ2) is 12.3. The predicted molar refractivity (Wildman–Crippen MR) is 150 cm³/mol. The van der Waals surface area contributed by atoms with E-state index >= 15 is 0 Å². The van der Waals surface area contributed by atoms with Gasteiger partial charge in [-0.15, -0.1) is 0 Å². The van der Waals surface area contributed by atoms with E-state index in [0.29, 0.717) is 60.7 Å². The summed E-state index contributed by atoms with van der Waals surface area (Å²) in [7, 11) is 0. The van der Waals surface area contributed by atoms with Crippen molar-refractivity contribution in [2.24, 2.45) is 5.92 Å². The molecule has 4 heterocycles. The topological polar surface area (TPSA) is 141 Å². The zero-order chi connectivity index (χ0) is 28.2. The van der Waals surface area contributed by atoms with E-state index in [2.05, 4.69) is 38.0 Å². The van der Waals surface area contributed by atoms with Crippen LogP contribution in [0.5, 0.6) is 11.5 Å². The van der Waals surface area contributed by atoms with E-state index in [-0.39, 0.29) is 18.6 Å².